The molecule has 1 amide bonds. The van der Waals surface area contributed by atoms with Crippen molar-refractivity contribution in [1.29, 1.82) is 0 Å². The Morgan fingerprint density at radius 2 is 1.93 bits per heavy atom. The van der Waals surface area contributed by atoms with Gasteiger partial charge in [0.05, 0.1) is 22.6 Å². The van der Waals surface area contributed by atoms with Crippen LogP contribution >= 0.6 is 11.6 Å². The molecule has 2 N–H and O–H groups in total. The van der Waals surface area contributed by atoms with E-state index in [4.69, 9.17) is 11.6 Å². The van der Waals surface area contributed by atoms with Crippen LogP contribution in [0.3, 0.4) is 0 Å². The van der Waals surface area contributed by atoms with Crippen LogP contribution in [-0.4, -0.2) is 58.5 Å². The van der Waals surface area contributed by atoms with E-state index in [-0.39, 0.29) is 23.5 Å². The fraction of sp³-hybridized carbons (Fsp3) is 0.316. The molecule has 3 aromatic rings. The van der Waals surface area contributed by atoms with Crippen LogP contribution in [0.15, 0.2) is 36.5 Å². The quantitative estimate of drug-likeness (QED) is 0.653. The van der Waals surface area contributed by atoms with Gasteiger partial charge in [-0.15, -0.1) is 0 Å². The summed E-state index contributed by atoms with van der Waals surface area (Å²) in [5.41, 5.74) is 0.810. The Kier molecular flexibility index (Phi) is 5.52. The molecule has 30 heavy (non-hydrogen) atoms. The number of rotatable bonds is 4. The van der Waals surface area contributed by atoms with Gasteiger partial charge in [-0.3, -0.25) is 9.69 Å². The number of pyridine rings is 1. The number of hydrogen-bond acceptors (Lipinski definition) is 5. The van der Waals surface area contributed by atoms with Crippen molar-refractivity contribution < 1.29 is 18.0 Å². The number of aromatic amines is 1. The molecule has 1 fully saturated rings. The summed E-state index contributed by atoms with van der Waals surface area (Å²) in [6.45, 7) is 3.01. The zero-order valence-corrected chi connectivity index (χ0v) is 16.5. The molecule has 0 aliphatic carbocycles. The number of alkyl halides is 3. The Bertz CT molecular complexity index is 1040. The highest BCUT2D eigenvalue weighted by Gasteiger charge is 2.34. The number of amides is 1. The number of nitrogens with zero attached hydrogens (tertiary/aromatic N) is 4. The minimum atomic E-state index is -4.55. The van der Waals surface area contributed by atoms with E-state index in [2.05, 4.69) is 25.2 Å². The van der Waals surface area contributed by atoms with Gasteiger partial charge in [-0.05, 0) is 30.3 Å². The minimum absolute atomic E-state index is 0.187. The number of piperazine rings is 1. The molecule has 0 bridgehead atoms. The van der Waals surface area contributed by atoms with Crippen molar-refractivity contribution >= 4 is 40.0 Å². The van der Waals surface area contributed by atoms with E-state index in [1.54, 1.807) is 12.3 Å². The molecule has 1 aliphatic heterocycles. The molecule has 11 heteroatoms. The van der Waals surface area contributed by atoms with E-state index < -0.39 is 12.0 Å². The van der Waals surface area contributed by atoms with Crippen LogP contribution < -0.4 is 10.2 Å². The van der Waals surface area contributed by atoms with Crippen molar-refractivity contribution in [3.63, 3.8) is 0 Å². The maximum absolute atomic E-state index is 12.8. The first-order valence-corrected chi connectivity index (χ1v) is 9.61. The van der Waals surface area contributed by atoms with Crippen molar-refractivity contribution in [3.8, 4) is 0 Å². The number of nitrogens with one attached hydrogen (secondary N) is 2. The summed E-state index contributed by atoms with van der Waals surface area (Å²) < 4.78 is 38.3. The van der Waals surface area contributed by atoms with Gasteiger partial charge < -0.3 is 15.2 Å². The number of hydrogen-bond donors (Lipinski definition) is 2. The number of H-pyrrole nitrogens is 1. The standard InChI is InChI=1S/C19H18ClF3N6O/c20-12-1-4-16(24-10-12)29-7-5-28(6-8-29)11-17(30)25-13-2-3-14-15(9-13)27-18(26-14)19(21,22)23/h1-4,9-10H,5-8,11H2,(H,25,30)(H,26,27). The molecule has 3 heterocycles. The fourth-order valence-electron chi connectivity index (χ4n) is 3.32. The SMILES string of the molecule is O=C(CN1CCN(c2ccc(Cl)cn2)CC1)Nc1ccc2nc(C(F)(F)F)[nH]c2c1. The summed E-state index contributed by atoms with van der Waals surface area (Å²) in [5, 5.41) is 3.31. The van der Waals surface area contributed by atoms with Crippen molar-refractivity contribution in [2.24, 2.45) is 0 Å². The lowest BCUT2D eigenvalue weighted by Gasteiger charge is -2.35. The van der Waals surface area contributed by atoms with E-state index in [9.17, 15) is 18.0 Å². The number of anilines is 2. The molecule has 2 aromatic heterocycles. The summed E-state index contributed by atoms with van der Waals surface area (Å²) >= 11 is 5.86. The average Bonchev–Trinajstić information content (AvgIpc) is 3.13. The molecular weight excluding hydrogens is 421 g/mol. The first-order chi connectivity index (χ1) is 14.3. The van der Waals surface area contributed by atoms with Crippen LogP contribution in [0.2, 0.25) is 5.02 Å². The van der Waals surface area contributed by atoms with Crippen LogP contribution in [0.25, 0.3) is 11.0 Å². The Hall–Kier alpha value is -2.85. The minimum Gasteiger partial charge on any atom is -0.354 e. The van der Waals surface area contributed by atoms with E-state index in [1.165, 1.54) is 18.2 Å². The van der Waals surface area contributed by atoms with Crippen LogP contribution in [-0.2, 0) is 11.0 Å². The molecule has 0 unspecified atom stereocenters. The highest BCUT2D eigenvalue weighted by molar-refractivity contribution is 6.30. The largest absolute Gasteiger partial charge is 0.449 e. The average molecular weight is 439 g/mol. The molecule has 0 radical (unpaired) electrons. The summed E-state index contributed by atoms with van der Waals surface area (Å²) in [6.07, 6.45) is -2.95. The highest BCUT2D eigenvalue weighted by Crippen LogP contribution is 2.29. The van der Waals surface area contributed by atoms with Gasteiger partial charge in [0.25, 0.3) is 0 Å². The smallest absolute Gasteiger partial charge is 0.354 e. The normalized spacial score (nSPS) is 15.5. The number of halogens is 4. The Morgan fingerprint density at radius 1 is 1.17 bits per heavy atom. The van der Waals surface area contributed by atoms with Gasteiger partial charge >= 0.3 is 6.18 Å². The Morgan fingerprint density at radius 3 is 2.60 bits per heavy atom. The van der Waals surface area contributed by atoms with Crippen molar-refractivity contribution in [2.75, 3.05) is 42.9 Å². The summed E-state index contributed by atoms with van der Waals surface area (Å²) in [4.78, 5) is 26.6. The second-order valence-electron chi connectivity index (χ2n) is 6.96. The Labute approximate surface area is 174 Å². The van der Waals surface area contributed by atoms with Gasteiger partial charge in [-0.25, -0.2) is 9.97 Å². The molecule has 0 spiro atoms. The van der Waals surface area contributed by atoms with Crippen LogP contribution in [0, 0.1) is 0 Å². The molecule has 4 rings (SSSR count). The lowest BCUT2D eigenvalue weighted by molar-refractivity contribution is -0.144. The maximum atomic E-state index is 12.8. The van der Waals surface area contributed by atoms with Crippen LogP contribution in [0.5, 0.6) is 0 Å². The number of carbonyl (C=O) groups is 1. The Balaban J connectivity index is 1.32. The second kappa shape index (κ2) is 8.11. The van der Waals surface area contributed by atoms with E-state index in [0.29, 0.717) is 23.8 Å². The summed E-state index contributed by atoms with van der Waals surface area (Å²) in [6, 6.07) is 8.07. The highest BCUT2D eigenvalue weighted by atomic mass is 35.5. The summed E-state index contributed by atoms with van der Waals surface area (Å²) in [5.74, 6) is -0.452. The monoisotopic (exact) mass is 438 g/mol. The zero-order valence-electron chi connectivity index (χ0n) is 15.7. The lowest BCUT2D eigenvalue weighted by atomic mass is 10.2. The van der Waals surface area contributed by atoms with Gasteiger partial charge in [0.2, 0.25) is 11.7 Å². The second-order valence-corrected chi connectivity index (χ2v) is 7.40. The van der Waals surface area contributed by atoms with Gasteiger partial charge in [-0.1, -0.05) is 11.6 Å². The van der Waals surface area contributed by atoms with Crippen molar-refractivity contribution in [3.05, 3.63) is 47.4 Å². The van der Waals surface area contributed by atoms with E-state index in [1.807, 2.05) is 11.0 Å². The molecule has 0 saturated carbocycles. The van der Waals surface area contributed by atoms with Gasteiger partial charge in [0.1, 0.15) is 5.82 Å². The first kappa shape index (κ1) is 20.4. The number of benzene rings is 1. The van der Waals surface area contributed by atoms with Gasteiger partial charge in [0, 0.05) is 38.1 Å². The molecule has 1 aromatic carbocycles. The number of imidazole rings is 1. The first-order valence-electron chi connectivity index (χ1n) is 9.23. The third-order valence-electron chi connectivity index (χ3n) is 4.81. The topological polar surface area (TPSA) is 77.2 Å². The molecule has 7 nitrogen and oxygen atoms in total. The van der Waals surface area contributed by atoms with E-state index >= 15 is 0 Å². The van der Waals surface area contributed by atoms with Gasteiger partial charge in [0.15, 0.2) is 0 Å². The zero-order chi connectivity index (χ0) is 21.3. The maximum Gasteiger partial charge on any atom is 0.449 e. The number of fused-ring (bicyclic) bond motifs is 1. The van der Waals surface area contributed by atoms with Crippen molar-refractivity contribution in [1.82, 2.24) is 19.9 Å². The predicted octanol–water partition coefficient (Wildman–Crippen LogP) is 3.39. The number of carbonyl (C=O) groups excluding carboxylic acids is 1. The van der Waals surface area contributed by atoms with Gasteiger partial charge in [-0.2, -0.15) is 13.2 Å². The van der Waals surface area contributed by atoms with Crippen molar-refractivity contribution in [2.45, 2.75) is 6.18 Å². The third-order valence-corrected chi connectivity index (χ3v) is 5.03. The molecule has 158 valence electrons. The predicted molar refractivity (Wildman–Crippen MR) is 108 cm³/mol. The lowest BCUT2D eigenvalue weighted by Crippen LogP contribution is -2.48. The molecule has 0 atom stereocenters. The summed E-state index contributed by atoms with van der Waals surface area (Å²) in [7, 11) is 0. The molecular formula is C19H18ClF3N6O. The van der Waals surface area contributed by atoms with E-state index in [0.717, 1.165) is 18.9 Å². The third kappa shape index (κ3) is 4.65. The van der Waals surface area contributed by atoms with Crippen LogP contribution in [0.4, 0.5) is 24.7 Å². The number of aromatic nitrogens is 3. The molecule has 1 saturated heterocycles. The van der Waals surface area contributed by atoms with Crippen LogP contribution in [0.1, 0.15) is 5.82 Å². The molecule has 1 aliphatic rings. The fourth-order valence-corrected chi connectivity index (χ4v) is 3.43.